The van der Waals surface area contributed by atoms with Crippen molar-refractivity contribution in [3.63, 3.8) is 0 Å². The van der Waals surface area contributed by atoms with E-state index >= 15 is 0 Å². The molecule has 0 fully saturated rings. The summed E-state index contributed by atoms with van der Waals surface area (Å²) >= 11 is 0. The summed E-state index contributed by atoms with van der Waals surface area (Å²) in [4.78, 5) is 11.7. The Balaban J connectivity index is 3.10. The second-order valence-electron chi connectivity index (χ2n) is 4.44. The van der Waals surface area contributed by atoms with E-state index in [0.717, 1.165) is 4.31 Å². The first-order chi connectivity index (χ1) is 9.32. The Kier molecular flexibility index (Phi) is 5.52. The van der Waals surface area contributed by atoms with Gasteiger partial charge in [-0.3, -0.25) is 4.79 Å². The van der Waals surface area contributed by atoms with E-state index in [4.69, 9.17) is 5.73 Å². The molecule has 0 aliphatic rings. The van der Waals surface area contributed by atoms with Crippen LogP contribution in [0, 0.1) is 0 Å². The highest BCUT2D eigenvalue weighted by atomic mass is 32.2. The van der Waals surface area contributed by atoms with Crippen LogP contribution in [0.2, 0.25) is 0 Å². The Hall–Kier alpha value is -1.60. The monoisotopic (exact) mass is 299 g/mol. The van der Waals surface area contributed by atoms with Gasteiger partial charge in [0.2, 0.25) is 15.9 Å². The molecule has 0 spiro atoms. The standard InChI is InChI=1S/C13H21N3O3S/c1-4-10-6-7-11(14)8-12(10)20(18,19)16(3)9-13(17)15-5-2/h6-8H,4-5,9,14H2,1-3H3,(H,15,17). The van der Waals surface area contributed by atoms with E-state index in [9.17, 15) is 13.2 Å². The fourth-order valence-electron chi connectivity index (χ4n) is 1.81. The van der Waals surface area contributed by atoms with Gasteiger partial charge in [0.15, 0.2) is 0 Å². The molecule has 7 heteroatoms. The first-order valence-corrected chi connectivity index (χ1v) is 7.88. The summed E-state index contributed by atoms with van der Waals surface area (Å²) in [5.74, 6) is -0.333. The quantitative estimate of drug-likeness (QED) is 0.752. The SMILES string of the molecule is CCNC(=O)CN(C)S(=O)(=O)c1cc(N)ccc1CC. The topological polar surface area (TPSA) is 92.5 Å². The lowest BCUT2D eigenvalue weighted by atomic mass is 10.1. The number of anilines is 1. The lowest BCUT2D eigenvalue weighted by Crippen LogP contribution is -2.38. The lowest BCUT2D eigenvalue weighted by molar-refractivity contribution is -0.121. The Morgan fingerprint density at radius 2 is 2.00 bits per heavy atom. The number of benzene rings is 1. The van der Waals surface area contributed by atoms with Crippen LogP contribution in [0.1, 0.15) is 19.4 Å². The van der Waals surface area contributed by atoms with E-state index in [1.165, 1.54) is 13.1 Å². The second kappa shape index (κ2) is 6.71. The van der Waals surface area contributed by atoms with E-state index in [2.05, 4.69) is 5.32 Å². The largest absolute Gasteiger partial charge is 0.399 e. The van der Waals surface area contributed by atoms with Crippen molar-refractivity contribution >= 4 is 21.6 Å². The minimum atomic E-state index is -3.73. The van der Waals surface area contributed by atoms with Gasteiger partial charge < -0.3 is 11.1 Å². The minimum absolute atomic E-state index is 0.159. The molecule has 0 saturated carbocycles. The predicted molar refractivity (Wildman–Crippen MR) is 78.7 cm³/mol. The summed E-state index contributed by atoms with van der Waals surface area (Å²) in [6.45, 7) is 3.90. The molecular weight excluding hydrogens is 278 g/mol. The van der Waals surface area contributed by atoms with Crippen LogP contribution in [-0.2, 0) is 21.2 Å². The van der Waals surface area contributed by atoms with Crippen LogP contribution < -0.4 is 11.1 Å². The molecule has 112 valence electrons. The summed E-state index contributed by atoms with van der Waals surface area (Å²) < 4.78 is 26.0. The fourth-order valence-corrected chi connectivity index (χ4v) is 3.26. The van der Waals surface area contributed by atoms with Gasteiger partial charge in [-0.05, 0) is 31.0 Å². The predicted octanol–water partition coefficient (Wildman–Crippen LogP) is 0.588. The highest BCUT2D eigenvalue weighted by Gasteiger charge is 2.25. The lowest BCUT2D eigenvalue weighted by Gasteiger charge is -2.19. The van der Waals surface area contributed by atoms with Gasteiger partial charge in [-0.25, -0.2) is 8.42 Å². The minimum Gasteiger partial charge on any atom is -0.399 e. The first kappa shape index (κ1) is 16.5. The zero-order valence-electron chi connectivity index (χ0n) is 12.0. The maximum atomic E-state index is 12.5. The second-order valence-corrected chi connectivity index (χ2v) is 6.45. The molecule has 0 heterocycles. The Bertz CT molecular complexity index is 585. The molecule has 0 aliphatic heterocycles. The highest BCUT2D eigenvalue weighted by molar-refractivity contribution is 7.89. The van der Waals surface area contributed by atoms with Crippen LogP contribution in [0.5, 0.6) is 0 Å². The molecule has 0 bridgehead atoms. The van der Waals surface area contributed by atoms with Crippen LogP contribution in [0.4, 0.5) is 5.69 Å². The molecule has 0 aromatic heterocycles. The van der Waals surface area contributed by atoms with Crippen LogP contribution in [0.25, 0.3) is 0 Å². The van der Waals surface area contributed by atoms with Crippen molar-refractivity contribution in [2.75, 3.05) is 25.9 Å². The number of nitrogen functional groups attached to an aromatic ring is 1. The number of rotatable bonds is 6. The van der Waals surface area contributed by atoms with Gasteiger partial charge in [0.1, 0.15) is 0 Å². The summed E-state index contributed by atoms with van der Waals surface area (Å²) in [7, 11) is -2.34. The number of nitrogens with one attached hydrogen (secondary N) is 1. The number of hydrogen-bond donors (Lipinski definition) is 2. The number of aryl methyl sites for hydroxylation is 1. The molecular formula is C13H21N3O3S. The van der Waals surface area contributed by atoms with Crippen molar-refractivity contribution in [3.05, 3.63) is 23.8 Å². The molecule has 1 aromatic rings. The van der Waals surface area contributed by atoms with E-state index in [0.29, 0.717) is 24.2 Å². The van der Waals surface area contributed by atoms with Crippen molar-refractivity contribution in [1.82, 2.24) is 9.62 Å². The van der Waals surface area contributed by atoms with E-state index in [-0.39, 0.29) is 17.3 Å². The van der Waals surface area contributed by atoms with Crippen molar-refractivity contribution < 1.29 is 13.2 Å². The number of nitrogens with zero attached hydrogens (tertiary/aromatic N) is 1. The summed E-state index contributed by atoms with van der Waals surface area (Å²) in [5.41, 5.74) is 6.73. The number of amides is 1. The molecule has 1 aromatic carbocycles. The van der Waals surface area contributed by atoms with E-state index in [1.54, 1.807) is 19.1 Å². The first-order valence-electron chi connectivity index (χ1n) is 6.44. The Morgan fingerprint density at radius 3 is 2.55 bits per heavy atom. The molecule has 0 aliphatic carbocycles. The van der Waals surface area contributed by atoms with Gasteiger partial charge in [0, 0.05) is 19.3 Å². The molecule has 0 unspecified atom stereocenters. The maximum Gasteiger partial charge on any atom is 0.243 e. The normalized spacial score (nSPS) is 11.6. The molecule has 3 N–H and O–H groups in total. The molecule has 0 saturated heterocycles. The number of sulfonamides is 1. The zero-order chi connectivity index (χ0) is 15.3. The number of likely N-dealkylation sites (N-methyl/N-ethyl adjacent to an activating group) is 2. The maximum absolute atomic E-state index is 12.5. The molecule has 0 radical (unpaired) electrons. The van der Waals surface area contributed by atoms with E-state index < -0.39 is 10.0 Å². The van der Waals surface area contributed by atoms with Gasteiger partial charge >= 0.3 is 0 Å². The van der Waals surface area contributed by atoms with Crippen molar-refractivity contribution in [1.29, 1.82) is 0 Å². The van der Waals surface area contributed by atoms with Crippen molar-refractivity contribution in [2.24, 2.45) is 0 Å². The van der Waals surface area contributed by atoms with Gasteiger partial charge in [-0.2, -0.15) is 4.31 Å². The van der Waals surface area contributed by atoms with Gasteiger partial charge in [0.25, 0.3) is 0 Å². The summed E-state index contributed by atoms with van der Waals surface area (Å²) in [6.07, 6.45) is 0.573. The van der Waals surface area contributed by atoms with Crippen LogP contribution in [-0.4, -0.2) is 38.8 Å². The smallest absolute Gasteiger partial charge is 0.243 e. The highest BCUT2D eigenvalue weighted by Crippen LogP contribution is 2.22. The van der Waals surface area contributed by atoms with Crippen LogP contribution in [0.15, 0.2) is 23.1 Å². The number of carbonyl (C=O) groups excluding carboxylic acids is 1. The number of hydrogen-bond acceptors (Lipinski definition) is 4. The zero-order valence-corrected chi connectivity index (χ0v) is 12.8. The summed E-state index contributed by atoms with van der Waals surface area (Å²) in [5, 5.41) is 2.57. The number of carbonyl (C=O) groups is 1. The average Bonchev–Trinajstić information content (AvgIpc) is 2.38. The molecule has 6 nitrogen and oxygen atoms in total. The van der Waals surface area contributed by atoms with Gasteiger partial charge in [-0.15, -0.1) is 0 Å². The molecule has 0 atom stereocenters. The van der Waals surface area contributed by atoms with Gasteiger partial charge in [-0.1, -0.05) is 13.0 Å². The Labute approximate surface area is 120 Å². The fraction of sp³-hybridized carbons (Fsp3) is 0.462. The third-order valence-electron chi connectivity index (χ3n) is 2.90. The van der Waals surface area contributed by atoms with Crippen LogP contribution >= 0.6 is 0 Å². The third kappa shape index (κ3) is 3.71. The Morgan fingerprint density at radius 1 is 1.35 bits per heavy atom. The van der Waals surface area contributed by atoms with Crippen molar-refractivity contribution in [3.8, 4) is 0 Å². The van der Waals surface area contributed by atoms with Gasteiger partial charge in [0.05, 0.1) is 11.4 Å². The third-order valence-corrected chi connectivity index (χ3v) is 4.79. The summed E-state index contributed by atoms with van der Waals surface area (Å²) in [6, 6.07) is 4.80. The average molecular weight is 299 g/mol. The van der Waals surface area contributed by atoms with Crippen LogP contribution in [0.3, 0.4) is 0 Å². The van der Waals surface area contributed by atoms with Crippen molar-refractivity contribution in [2.45, 2.75) is 25.2 Å². The number of nitrogens with two attached hydrogens (primary N) is 1. The molecule has 1 amide bonds. The van der Waals surface area contributed by atoms with E-state index in [1.807, 2.05) is 6.92 Å². The molecule has 20 heavy (non-hydrogen) atoms. The molecule has 1 rings (SSSR count).